The molecule has 1 heterocycles. The second-order valence-electron chi connectivity index (χ2n) is 3.54. The molecule has 0 aliphatic heterocycles. The Morgan fingerprint density at radius 3 is 2.74 bits per heavy atom. The van der Waals surface area contributed by atoms with Gasteiger partial charge in [-0.3, -0.25) is 0 Å². The number of nitriles is 1. The summed E-state index contributed by atoms with van der Waals surface area (Å²) in [6, 6.07) is 6.51. The van der Waals surface area contributed by atoms with Gasteiger partial charge in [0.2, 0.25) is 0 Å². The van der Waals surface area contributed by atoms with E-state index in [1.807, 2.05) is 6.07 Å². The van der Waals surface area contributed by atoms with E-state index in [0.29, 0.717) is 10.6 Å². The predicted octanol–water partition coefficient (Wildman–Crippen LogP) is 2.47. The lowest BCUT2D eigenvalue weighted by atomic mass is 10.1. The normalized spacial score (nSPS) is 10.2. The smallest absolute Gasteiger partial charge is 0.358 e. The summed E-state index contributed by atoms with van der Waals surface area (Å²) in [4.78, 5) is 11.1. The molecule has 0 fully saturated rings. The largest absolute Gasteiger partial charge is 0.476 e. The molecular weight excluding hydrogens is 291 g/mol. The van der Waals surface area contributed by atoms with Gasteiger partial charge >= 0.3 is 5.97 Å². The quantitative estimate of drug-likeness (QED) is 0.939. The molecule has 0 saturated carbocycles. The fourth-order valence-electron chi connectivity index (χ4n) is 1.56. The van der Waals surface area contributed by atoms with E-state index in [2.05, 4.69) is 10.3 Å². The van der Waals surface area contributed by atoms with Crippen LogP contribution in [0.25, 0.3) is 11.3 Å². The molecule has 96 valence electrons. The molecule has 0 saturated heterocycles. The SMILES string of the molecule is N#CCn1nnc(C(=O)O)c1-c1ccc(Cl)c(Cl)c1. The number of nitrogens with zero attached hydrogens (tertiary/aromatic N) is 4. The average molecular weight is 297 g/mol. The monoisotopic (exact) mass is 296 g/mol. The van der Waals surface area contributed by atoms with Crippen LogP contribution in [-0.2, 0) is 6.54 Å². The minimum absolute atomic E-state index is 0.115. The maximum absolute atomic E-state index is 11.1. The van der Waals surface area contributed by atoms with Crippen molar-refractivity contribution in [3.05, 3.63) is 33.9 Å². The lowest BCUT2D eigenvalue weighted by molar-refractivity contribution is 0.0691. The van der Waals surface area contributed by atoms with Crippen molar-refractivity contribution < 1.29 is 9.90 Å². The van der Waals surface area contributed by atoms with Gasteiger partial charge in [0, 0.05) is 5.56 Å². The Morgan fingerprint density at radius 1 is 1.42 bits per heavy atom. The zero-order valence-corrected chi connectivity index (χ0v) is 10.9. The number of benzene rings is 1. The summed E-state index contributed by atoms with van der Waals surface area (Å²) in [5.74, 6) is -1.23. The van der Waals surface area contributed by atoms with Crippen molar-refractivity contribution >= 4 is 29.2 Å². The summed E-state index contributed by atoms with van der Waals surface area (Å²) in [6.45, 7) is -0.115. The third kappa shape index (κ3) is 2.52. The molecule has 0 spiro atoms. The Hall–Kier alpha value is -2.10. The molecule has 2 rings (SSSR count). The van der Waals surface area contributed by atoms with Crippen LogP contribution in [-0.4, -0.2) is 26.1 Å². The van der Waals surface area contributed by atoms with Crippen molar-refractivity contribution in [3.8, 4) is 17.3 Å². The van der Waals surface area contributed by atoms with Crippen LogP contribution in [0.4, 0.5) is 0 Å². The molecule has 0 aliphatic rings. The van der Waals surface area contributed by atoms with Crippen molar-refractivity contribution in [1.29, 1.82) is 5.26 Å². The minimum Gasteiger partial charge on any atom is -0.476 e. The van der Waals surface area contributed by atoms with Crippen LogP contribution in [0.1, 0.15) is 10.5 Å². The maximum Gasteiger partial charge on any atom is 0.358 e. The van der Waals surface area contributed by atoms with Gasteiger partial charge in [-0.15, -0.1) is 5.10 Å². The van der Waals surface area contributed by atoms with Crippen LogP contribution in [0.3, 0.4) is 0 Å². The van der Waals surface area contributed by atoms with E-state index in [-0.39, 0.29) is 23.0 Å². The van der Waals surface area contributed by atoms with Crippen LogP contribution in [0, 0.1) is 11.3 Å². The first kappa shape index (κ1) is 13.3. The molecule has 1 aromatic carbocycles. The van der Waals surface area contributed by atoms with Crippen LogP contribution < -0.4 is 0 Å². The van der Waals surface area contributed by atoms with Crippen molar-refractivity contribution in [2.24, 2.45) is 0 Å². The summed E-state index contributed by atoms with van der Waals surface area (Å²) in [5, 5.41) is 25.6. The van der Waals surface area contributed by atoms with E-state index >= 15 is 0 Å². The number of hydrogen-bond acceptors (Lipinski definition) is 4. The summed E-state index contributed by atoms with van der Waals surface area (Å²) in [6.07, 6.45) is 0. The summed E-state index contributed by atoms with van der Waals surface area (Å²) in [5.41, 5.74) is 0.452. The van der Waals surface area contributed by atoms with Gasteiger partial charge in [-0.25, -0.2) is 9.48 Å². The highest BCUT2D eigenvalue weighted by Gasteiger charge is 2.20. The first-order valence-electron chi connectivity index (χ1n) is 5.03. The highest BCUT2D eigenvalue weighted by molar-refractivity contribution is 6.42. The number of carboxylic acid groups (broad SMARTS) is 1. The van der Waals surface area contributed by atoms with Gasteiger partial charge in [0.15, 0.2) is 5.69 Å². The van der Waals surface area contributed by atoms with Gasteiger partial charge < -0.3 is 5.11 Å². The second-order valence-corrected chi connectivity index (χ2v) is 4.35. The standard InChI is InChI=1S/C11H6Cl2N4O2/c12-7-2-1-6(5-8(7)13)10-9(11(18)19)15-16-17(10)4-3-14/h1-2,5H,4H2,(H,18,19). The van der Waals surface area contributed by atoms with E-state index in [1.165, 1.54) is 16.8 Å². The number of carbonyl (C=O) groups is 1. The Bertz CT molecular complexity index is 690. The lowest BCUT2D eigenvalue weighted by Crippen LogP contribution is -2.04. The van der Waals surface area contributed by atoms with Crippen molar-refractivity contribution in [3.63, 3.8) is 0 Å². The van der Waals surface area contributed by atoms with E-state index in [1.54, 1.807) is 6.07 Å². The van der Waals surface area contributed by atoms with Crippen LogP contribution >= 0.6 is 23.2 Å². The molecule has 0 bridgehead atoms. The average Bonchev–Trinajstić information content (AvgIpc) is 2.77. The van der Waals surface area contributed by atoms with Gasteiger partial charge in [-0.1, -0.05) is 34.5 Å². The number of rotatable bonds is 3. The Morgan fingerprint density at radius 2 is 2.16 bits per heavy atom. The predicted molar refractivity (Wildman–Crippen MR) is 68.1 cm³/mol. The maximum atomic E-state index is 11.1. The number of halogens is 2. The van der Waals surface area contributed by atoms with E-state index in [4.69, 9.17) is 33.6 Å². The Kier molecular flexibility index (Phi) is 3.69. The molecule has 19 heavy (non-hydrogen) atoms. The Balaban J connectivity index is 2.64. The van der Waals surface area contributed by atoms with E-state index < -0.39 is 5.97 Å². The van der Waals surface area contributed by atoms with Crippen LogP contribution in [0.5, 0.6) is 0 Å². The molecule has 0 amide bonds. The van der Waals surface area contributed by atoms with Gasteiger partial charge in [0.25, 0.3) is 0 Å². The molecule has 0 unspecified atom stereocenters. The lowest BCUT2D eigenvalue weighted by Gasteiger charge is -2.05. The van der Waals surface area contributed by atoms with Crippen LogP contribution in [0.15, 0.2) is 18.2 Å². The third-order valence-electron chi connectivity index (χ3n) is 2.35. The molecule has 1 aromatic heterocycles. The molecule has 2 aromatic rings. The number of aromatic nitrogens is 3. The van der Waals surface area contributed by atoms with Gasteiger partial charge in [0.1, 0.15) is 12.2 Å². The summed E-state index contributed by atoms with van der Waals surface area (Å²) in [7, 11) is 0. The third-order valence-corrected chi connectivity index (χ3v) is 3.09. The molecule has 0 atom stereocenters. The molecular formula is C11H6Cl2N4O2. The topological polar surface area (TPSA) is 91.8 Å². The van der Waals surface area contributed by atoms with Crippen molar-refractivity contribution in [2.45, 2.75) is 6.54 Å². The summed E-state index contributed by atoms with van der Waals surface area (Å²) >= 11 is 11.7. The highest BCUT2D eigenvalue weighted by Crippen LogP contribution is 2.29. The molecule has 6 nitrogen and oxygen atoms in total. The molecule has 0 aliphatic carbocycles. The van der Waals surface area contributed by atoms with Crippen molar-refractivity contribution in [1.82, 2.24) is 15.0 Å². The number of hydrogen-bond donors (Lipinski definition) is 1. The Labute approximate surface area is 117 Å². The zero-order chi connectivity index (χ0) is 14.0. The van der Waals surface area contributed by atoms with E-state index in [0.717, 1.165) is 0 Å². The van der Waals surface area contributed by atoms with Crippen LogP contribution in [0.2, 0.25) is 10.0 Å². The van der Waals surface area contributed by atoms with Crippen molar-refractivity contribution in [2.75, 3.05) is 0 Å². The first-order valence-corrected chi connectivity index (χ1v) is 5.79. The first-order chi connectivity index (χ1) is 9.04. The number of carboxylic acids is 1. The van der Waals surface area contributed by atoms with Gasteiger partial charge in [-0.2, -0.15) is 5.26 Å². The highest BCUT2D eigenvalue weighted by atomic mass is 35.5. The molecule has 0 radical (unpaired) electrons. The van der Waals surface area contributed by atoms with E-state index in [9.17, 15) is 4.79 Å². The minimum atomic E-state index is -1.23. The second kappa shape index (κ2) is 5.26. The fraction of sp³-hybridized carbons (Fsp3) is 0.0909. The fourth-order valence-corrected chi connectivity index (χ4v) is 1.86. The number of aromatic carboxylic acids is 1. The van der Waals surface area contributed by atoms with Gasteiger partial charge in [0.05, 0.1) is 16.1 Å². The summed E-state index contributed by atoms with van der Waals surface area (Å²) < 4.78 is 1.20. The zero-order valence-electron chi connectivity index (χ0n) is 9.34. The molecule has 8 heteroatoms. The van der Waals surface area contributed by atoms with Gasteiger partial charge in [-0.05, 0) is 12.1 Å². The molecule has 1 N–H and O–H groups in total.